The molecule has 2 nitrogen and oxygen atoms in total. The molecule has 11 heavy (non-hydrogen) atoms. The molecule has 0 aliphatic rings. The Balaban J connectivity index is 3.29. The quantitative estimate of drug-likeness (QED) is 0.634. The van der Waals surface area contributed by atoms with Crippen LogP contribution in [0, 0.1) is 5.92 Å². The first kappa shape index (κ1) is 10.9. The molecule has 0 saturated heterocycles. The third-order valence-corrected chi connectivity index (χ3v) is 1.60. The zero-order valence-electron chi connectivity index (χ0n) is 8.22. The summed E-state index contributed by atoms with van der Waals surface area (Å²) in [5, 5.41) is 3.43. The first-order chi connectivity index (χ1) is 5.02. The molecule has 0 bridgehead atoms. The van der Waals surface area contributed by atoms with Crippen molar-refractivity contribution in [1.29, 1.82) is 0 Å². The molecule has 0 aromatic heterocycles. The topological polar surface area (TPSA) is 38.0 Å². The molecule has 0 aliphatic heterocycles. The Hall–Kier alpha value is -0.0800. The van der Waals surface area contributed by atoms with Gasteiger partial charge in [-0.3, -0.25) is 0 Å². The minimum absolute atomic E-state index is 0.310. The fraction of sp³-hybridized carbons (Fsp3) is 1.00. The average molecular weight is 158 g/mol. The summed E-state index contributed by atoms with van der Waals surface area (Å²) in [7, 11) is 0. The Bertz CT molecular complexity index is 89.6. The van der Waals surface area contributed by atoms with E-state index >= 15 is 0 Å². The molecule has 2 heteroatoms. The van der Waals surface area contributed by atoms with Crippen LogP contribution in [-0.4, -0.2) is 18.6 Å². The van der Waals surface area contributed by atoms with Crippen molar-refractivity contribution in [2.45, 2.75) is 46.2 Å². The normalized spacial score (nSPS) is 16.9. The van der Waals surface area contributed by atoms with Crippen molar-refractivity contribution in [2.24, 2.45) is 11.7 Å². The monoisotopic (exact) mass is 158 g/mol. The Morgan fingerprint density at radius 3 is 2.09 bits per heavy atom. The minimum atomic E-state index is 0.310. The molecule has 0 heterocycles. The standard InChI is InChI=1S/C9H22N2/c1-7(2)6-11-9(4)5-8(3)10/h7-9,11H,5-6,10H2,1-4H3. The van der Waals surface area contributed by atoms with Gasteiger partial charge in [0.2, 0.25) is 0 Å². The summed E-state index contributed by atoms with van der Waals surface area (Å²) in [6.07, 6.45) is 1.06. The largest absolute Gasteiger partial charge is 0.328 e. The number of nitrogens with two attached hydrogens (primary N) is 1. The highest BCUT2D eigenvalue weighted by Crippen LogP contribution is 1.96. The smallest absolute Gasteiger partial charge is 0.00534 e. The van der Waals surface area contributed by atoms with E-state index in [9.17, 15) is 0 Å². The molecule has 0 aromatic carbocycles. The van der Waals surface area contributed by atoms with Crippen LogP contribution in [0.5, 0.6) is 0 Å². The second-order valence-corrected chi connectivity index (χ2v) is 3.92. The van der Waals surface area contributed by atoms with E-state index in [0.29, 0.717) is 12.1 Å². The van der Waals surface area contributed by atoms with Gasteiger partial charge in [0.05, 0.1) is 0 Å². The molecular formula is C9H22N2. The summed E-state index contributed by atoms with van der Waals surface area (Å²) in [4.78, 5) is 0. The minimum Gasteiger partial charge on any atom is -0.328 e. The number of rotatable bonds is 5. The van der Waals surface area contributed by atoms with Gasteiger partial charge in [-0.2, -0.15) is 0 Å². The Kier molecular flexibility index (Phi) is 5.51. The highest BCUT2D eigenvalue weighted by atomic mass is 14.9. The molecule has 68 valence electrons. The fourth-order valence-electron chi connectivity index (χ4n) is 1.08. The molecule has 0 spiro atoms. The summed E-state index contributed by atoms with van der Waals surface area (Å²) >= 11 is 0. The van der Waals surface area contributed by atoms with Gasteiger partial charge in [-0.15, -0.1) is 0 Å². The summed E-state index contributed by atoms with van der Waals surface area (Å²) in [6.45, 7) is 9.75. The van der Waals surface area contributed by atoms with Crippen molar-refractivity contribution in [3.63, 3.8) is 0 Å². The van der Waals surface area contributed by atoms with Crippen LogP contribution >= 0.6 is 0 Å². The lowest BCUT2D eigenvalue weighted by Gasteiger charge is -2.17. The van der Waals surface area contributed by atoms with Gasteiger partial charge in [-0.1, -0.05) is 13.8 Å². The van der Waals surface area contributed by atoms with E-state index < -0.39 is 0 Å². The maximum Gasteiger partial charge on any atom is 0.00534 e. The second kappa shape index (κ2) is 5.56. The van der Waals surface area contributed by atoms with Gasteiger partial charge >= 0.3 is 0 Å². The molecule has 0 rings (SSSR count). The summed E-state index contributed by atoms with van der Waals surface area (Å²) in [5.74, 6) is 0.727. The van der Waals surface area contributed by atoms with Gasteiger partial charge in [-0.25, -0.2) is 0 Å². The molecule has 2 atom stereocenters. The molecule has 0 aliphatic carbocycles. The predicted molar refractivity (Wildman–Crippen MR) is 50.6 cm³/mol. The van der Waals surface area contributed by atoms with Crippen LogP contribution < -0.4 is 11.1 Å². The van der Waals surface area contributed by atoms with Crippen molar-refractivity contribution in [2.75, 3.05) is 6.54 Å². The maximum atomic E-state index is 5.66. The number of nitrogens with one attached hydrogen (secondary N) is 1. The zero-order chi connectivity index (χ0) is 8.85. The van der Waals surface area contributed by atoms with Crippen molar-refractivity contribution in [1.82, 2.24) is 5.32 Å². The Morgan fingerprint density at radius 2 is 1.73 bits per heavy atom. The molecule has 0 amide bonds. The first-order valence-corrected chi connectivity index (χ1v) is 4.51. The molecule has 3 N–H and O–H groups in total. The number of hydrogen-bond donors (Lipinski definition) is 2. The van der Waals surface area contributed by atoms with E-state index in [1.165, 1.54) is 0 Å². The highest BCUT2D eigenvalue weighted by Gasteiger charge is 2.04. The van der Waals surface area contributed by atoms with Crippen LogP contribution in [0.2, 0.25) is 0 Å². The van der Waals surface area contributed by atoms with E-state index in [-0.39, 0.29) is 0 Å². The van der Waals surface area contributed by atoms with E-state index in [0.717, 1.165) is 18.9 Å². The summed E-state index contributed by atoms with van der Waals surface area (Å²) in [6, 6.07) is 0.863. The molecule has 0 saturated carbocycles. The van der Waals surface area contributed by atoms with E-state index in [2.05, 4.69) is 26.1 Å². The molecule has 0 radical (unpaired) electrons. The van der Waals surface area contributed by atoms with Gasteiger partial charge in [-0.05, 0) is 32.7 Å². The third kappa shape index (κ3) is 7.82. The first-order valence-electron chi connectivity index (χ1n) is 4.51. The van der Waals surface area contributed by atoms with Crippen LogP contribution in [0.3, 0.4) is 0 Å². The van der Waals surface area contributed by atoms with Crippen LogP contribution in [-0.2, 0) is 0 Å². The average Bonchev–Trinajstić information content (AvgIpc) is 1.82. The molecule has 0 fully saturated rings. The predicted octanol–water partition coefficient (Wildman–Crippen LogP) is 1.36. The van der Waals surface area contributed by atoms with Crippen LogP contribution in [0.25, 0.3) is 0 Å². The van der Waals surface area contributed by atoms with Gasteiger partial charge < -0.3 is 11.1 Å². The molecular weight excluding hydrogens is 136 g/mol. The van der Waals surface area contributed by atoms with Gasteiger partial charge in [0, 0.05) is 12.1 Å². The van der Waals surface area contributed by atoms with Gasteiger partial charge in [0.1, 0.15) is 0 Å². The zero-order valence-corrected chi connectivity index (χ0v) is 8.22. The fourth-order valence-corrected chi connectivity index (χ4v) is 1.08. The highest BCUT2D eigenvalue weighted by molar-refractivity contribution is 4.66. The second-order valence-electron chi connectivity index (χ2n) is 3.92. The maximum absolute atomic E-state index is 5.66. The van der Waals surface area contributed by atoms with Gasteiger partial charge in [0.25, 0.3) is 0 Å². The summed E-state index contributed by atoms with van der Waals surface area (Å²) in [5.41, 5.74) is 5.66. The Labute approximate surface area is 70.5 Å². The van der Waals surface area contributed by atoms with Crippen molar-refractivity contribution >= 4 is 0 Å². The summed E-state index contributed by atoms with van der Waals surface area (Å²) < 4.78 is 0. The van der Waals surface area contributed by atoms with Crippen LogP contribution in [0.1, 0.15) is 34.1 Å². The lowest BCUT2D eigenvalue weighted by Crippen LogP contribution is -2.34. The molecule has 0 aromatic rings. The Morgan fingerprint density at radius 1 is 1.18 bits per heavy atom. The van der Waals surface area contributed by atoms with E-state index in [1.54, 1.807) is 0 Å². The van der Waals surface area contributed by atoms with Crippen molar-refractivity contribution in [3.8, 4) is 0 Å². The molecule has 2 unspecified atom stereocenters. The van der Waals surface area contributed by atoms with Crippen molar-refractivity contribution in [3.05, 3.63) is 0 Å². The lowest BCUT2D eigenvalue weighted by molar-refractivity contribution is 0.441. The van der Waals surface area contributed by atoms with Gasteiger partial charge in [0.15, 0.2) is 0 Å². The van der Waals surface area contributed by atoms with Crippen LogP contribution in [0.15, 0.2) is 0 Å². The number of hydrogen-bond acceptors (Lipinski definition) is 2. The van der Waals surface area contributed by atoms with Crippen molar-refractivity contribution < 1.29 is 0 Å². The SMILES string of the molecule is CC(C)CNC(C)CC(C)N. The third-order valence-electron chi connectivity index (χ3n) is 1.60. The van der Waals surface area contributed by atoms with E-state index in [1.807, 2.05) is 6.92 Å². The lowest BCUT2D eigenvalue weighted by atomic mass is 10.1. The van der Waals surface area contributed by atoms with Crippen LogP contribution in [0.4, 0.5) is 0 Å². The van der Waals surface area contributed by atoms with E-state index in [4.69, 9.17) is 5.73 Å².